The molecule has 1 fully saturated rings. The van der Waals surface area contributed by atoms with Crippen LogP contribution in [0.3, 0.4) is 0 Å². The smallest absolute Gasteiger partial charge is 0.164 e. The highest BCUT2D eigenvalue weighted by Crippen LogP contribution is 2.20. The Morgan fingerprint density at radius 2 is 2.00 bits per heavy atom. The van der Waals surface area contributed by atoms with E-state index in [2.05, 4.69) is 5.32 Å². The average molecular weight is 241 g/mol. The Labute approximate surface area is 100.0 Å². The molecule has 1 aliphatic heterocycles. The number of nitrogens with one attached hydrogen (secondary N) is 1. The summed E-state index contributed by atoms with van der Waals surface area (Å²) in [6, 6.07) is 3.54. The van der Waals surface area contributed by atoms with Gasteiger partial charge in [0, 0.05) is 18.7 Å². The van der Waals surface area contributed by atoms with E-state index in [9.17, 15) is 8.78 Å². The van der Waals surface area contributed by atoms with Crippen molar-refractivity contribution in [3.05, 3.63) is 34.9 Å². The predicted octanol–water partition coefficient (Wildman–Crippen LogP) is 2.41. The molecule has 17 heavy (non-hydrogen) atoms. The largest absolute Gasteiger partial charge is 0.380 e. The maximum absolute atomic E-state index is 13.8. The van der Waals surface area contributed by atoms with Gasteiger partial charge in [-0.25, -0.2) is 8.78 Å². The minimum atomic E-state index is -0.776. The Balaban J connectivity index is 2.14. The van der Waals surface area contributed by atoms with Gasteiger partial charge in [-0.2, -0.15) is 0 Å². The molecular formula is C13H17F2NO. The van der Waals surface area contributed by atoms with Crippen molar-refractivity contribution in [2.75, 3.05) is 13.7 Å². The molecule has 1 unspecified atom stereocenters. The summed E-state index contributed by atoms with van der Waals surface area (Å²) in [5, 5.41) is 3.28. The van der Waals surface area contributed by atoms with Gasteiger partial charge in [-0.3, -0.25) is 0 Å². The number of methoxy groups -OCH3 is 1. The van der Waals surface area contributed by atoms with E-state index in [4.69, 9.17) is 4.74 Å². The summed E-state index contributed by atoms with van der Waals surface area (Å²) in [6.07, 6.45) is 2.69. The maximum atomic E-state index is 13.8. The first-order valence-corrected chi connectivity index (χ1v) is 5.90. The first-order valence-electron chi connectivity index (χ1n) is 5.90. The fourth-order valence-electron chi connectivity index (χ4n) is 2.25. The van der Waals surface area contributed by atoms with Gasteiger partial charge in [0.05, 0.1) is 6.61 Å². The number of ether oxygens (including phenoxy) is 1. The third-order valence-corrected chi connectivity index (χ3v) is 3.17. The SMILES string of the molecule is COCc1ccc(CC2CCCN2)c(F)c1F. The lowest BCUT2D eigenvalue weighted by Gasteiger charge is -2.12. The highest BCUT2D eigenvalue weighted by Gasteiger charge is 2.19. The molecule has 1 atom stereocenters. The molecule has 4 heteroatoms. The zero-order valence-electron chi connectivity index (χ0n) is 9.93. The summed E-state index contributed by atoms with van der Waals surface area (Å²) in [7, 11) is 1.47. The fraction of sp³-hybridized carbons (Fsp3) is 0.538. The van der Waals surface area contributed by atoms with Crippen LogP contribution in [0.2, 0.25) is 0 Å². The van der Waals surface area contributed by atoms with Crippen LogP contribution >= 0.6 is 0 Å². The second-order valence-corrected chi connectivity index (χ2v) is 4.44. The molecule has 0 saturated carbocycles. The molecule has 1 N–H and O–H groups in total. The maximum Gasteiger partial charge on any atom is 0.164 e. The normalized spacial score (nSPS) is 19.8. The summed E-state index contributed by atoms with van der Waals surface area (Å²) < 4.78 is 32.2. The molecule has 1 aromatic rings. The van der Waals surface area contributed by atoms with Gasteiger partial charge in [0.15, 0.2) is 11.6 Å². The van der Waals surface area contributed by atoms with Crippen LogP contribution in [-0.4, -0.2) is 19.7 Å². The minimum Gasteiger partial charge on any atom is -0.380 e. The molecule has 0 bridgehead atoms. The molecule has 0 aliphatic carbocycles. The topological polar surface area (TPSA) is 21.3 Å². The molecule has 0 amide bonds. The van der Waals surface area contributed by atoms with Gasteiger partial charge in [0.2, 0.25) is 0 Å². The Morgan fingerprint density at radius 1 is 1.29 bits per heavy atom. The van der Waals surface area contributed by atoms with Gasteiger partial charge in [-0.05, 0) is 31.4 Å². The molecule has 0 spiro atoms. The van der Waals surface area contributed by atoms with Crippen LogP contribution in [0.4, 0.5) is 8.78 Å². The second-order valence-electron chi connectivity index (χ2n) is 4.44. The zero-order chi connectivity index (χ0) is 12.3. The number of halogens is 2. The van der Waals surface area contributed by atoms with Crippen molar-refractivity contribution in [3.8, 4) is 0 Å². The molecule has 1 saturated heterocycles. The van der Waals surface area contributed by atoms with Crippen molar-refractivity contribution in [2.24, 2.45) is 0 Å². The summed E-state index contributed by atoms with van der Waals surface area (Å²) >= 11 is 0. The van der Waals surface area contributed by atoms with Crippen molar-refractivity contribution < 1.29 is 13.5 Å². The van der Waals surface area contributed by atoms with Crippen LogP contribution in [-0.2, 0) is 17.8 Å². The molecule has 1 aliphatic rings. The Kier molecular flexibility index (Phi) is 4.07. The van der Waals surface area contributed by atoms with Crippen LogP contribution in [0.15, 0.2) is 12.1 Å². The van der Waals surface area contributed by atoms with Crippen molar-refractivity contribution >= 4 is 0 Å². The molecule has 0 aromatic heterocycles. The van der Waals surface area contributed by atoms with E-state index in [0.717, 1.165) is 19.4 Å². The summed E-state index contributed by atoms with van der Waals surface area (Å²) in [4.78, 5) is 0. The fourth-order valence-corrected chi connectivity index (χ4v) is 2.25. The van der Waals surface area contributed by atoms with Gasteiger partial charge >= 0.3 is 0 Å². The molecule has 0 radical (unpaired) electrons. The van der Waals surface area contributed by atoms with Crippen molar-refractivity contribution in [3.63, 3.8) is 0 Å². The summed E-state index contributed by atoms with van der Waals surface area (Å²) in [5.41, 5.74) is 0.717. The van der Waals surface area contributed by atoms with Gasteiger partial charge in [0.1, 0.15) is 0 Å². The lowest BCUT2D eigenvalue weighted by Crippen LogP contribution is -2.24. The van der Waals surface area contributed by atoms with Crippen LogP contribution < -0.4 is 5.32 Å². The first-order chi connectivity index (χ1) is 8.22. The molecule has 2 rings (SSSR count). The van der Waals surface area contributed by atoms with E-state index >= 15 is 0 Å². The zero-order valence-corrected chi connectivity index (χ0v) is 9.93. The molecule has 1 heterocycles. The third-order valence-electron chi connectivity index (χ3n) is 3.17. The van der Waals surface area contributed by atoms with E-state index in [-0.39, 0.29) is 18.2 Å². The van der Waals surface area contributed by atoms with E-state index in [1.807, 2.05) is 0 Å². The van der Waals surface area contributed by atoms with E-state index in [0.29, 0.717) is 12.0 Å². The molecular weight excluding hydrogens is 224 g/mol. The van der Waals surface area contributed by atoms with Gasteiger partial charge < -0.3 is 10.1 Å². The number of hydrogen-bond donors (Lipinski definition) is 1. The molecule has 94 valence electrons. The predicted molar refractivity (Wildman–Crippen MR) is 61.8 cm³/mol. The highest BCUT2D eigenvalue weighted by atomic mass is 19.2. The lowest BCUT2D eigenvalue weighted by molar-refractivity contribution is 0.180. The summed E-state index contributed by atoms with van der Waals surface area (Å²) in [5.74, 6) is -1.50. The number of benzene rings is 1. The lowest BCUT2D eigenvalue weighted by atomic mass is 10.0. The Bertz CT molecular complexity index is 389. The molecule has 2 nitrogen and oxygen atoms in total. The average Bonchev–Trinajstić information content (AvgIpc) is 2.82. The number of hydrogen-bond acceptors (Lipinski definition) is 2. The van der Waals surface area contributed by atoms with E-state index in [1.165, 1.54) is 7.11 Å². The van der Waals surface area contributed by atoms with Gasteiger partial charge in [-0.15, -0.1) is 0 Å². The summed E-state index contributed by atoms with van der Waals surface area (Å²) in [6.45, 7) is 1.07. The van der Waals surface area contributed by atoms with E-state index < -0.39 is 11.6 Å². The standard InChI is InChI=1S/C13H17F2NO/c1-17-8-10-5-4-9(12(14)13(10)15)7-11-3-2-6-16-11/h4-5,11,16H,2-3,6-8H2,1H3. The van der Waals surface area contributed by atoms with Gasteiger partial charge in [-0.1, -0.05) is 12.1 Å². The third kappa shape index (κ3) is 2.82. The number of rotatable bonds is 4. The van der Waals surface area contributed by atoms with Crippen LogP contribution in [0.25, 0.3) is 0 Å². The Morgan fingerprint density at radius 3 is 2.65 bits per heavy atom. The minimum absolute atomic E-state index is 0.102. The van der Waals surface area contributed by atoms with Crippen LogP contribution in [0.1, 0.15) is 24.0 Å². The second kappa shape index (κ2) is 5.56. The first kappa shape index (κ1) is 12.5. The van der Waals surface area contributed by atoms with Crippen LogP contribution in [0, 0.1) is 11.6 Å². The van der Waals surface area contributed by atoms with E-state index in [1.54, 1.807) is 12.1 Å². The van der Waals surface area contributed by atoms with Crippen molar-refractivity contribution in [2.45, 2.75) is 31.9 Å². The van der Waals surface area contributed by atoms with Crippen molar-refractivity contribution in [1.29, 1.82) is 0 Å². The van der Waals surface area contributed by atoms with Crippen LogP contribution in [0.5, 0.6) is 0 Å². The van der Waals surface area contributed by atoms with Gasteiger partial charge in [0.25, 0.3) is 0 Å². The Hall–Kier alpha value is -1.00. The van der Waals surface area contributed by atoms with Crippen molar-refractivity contribution in [1.82, 2.24) is 5.32 Å². The highest BCUT2D eigenvalue weighted by molar-refractivity contribution is 5.27. The molecule has 1 aromatic carbocycles. The monoisotopic (exact) mass is 241 g/mol. The quantitative estimate of drug-likeness (QED) is 0.874.